The summed E-state index contributed by atoms with van der Waals surface area (Å²) in [7, 11) is 0. The Balaban J connectivity index is 1.74. The van der Waals surface area contributed by atoms with E-state index in [2.05, 4.69) is 37.5 Å². The van der Waals surface area contributed by atoms with Gasteiger partial charge in [-0.25, -0.2) is 0 Å². The van der Waals surface area contributed by atoms with Gasteiger partial charge in [-0.05, 0) is 123 Å². The zero-order valence-electron chi connectivity index (χ0n) is 46.5. The molecule has 0 radical (unpaired) electrons. The van der Waals surface area contributed by atoms with Crippen molar-refractivity contribution >= 4 is 23.9 Å². The molecule has 2 rings (SSSR count). The van der Waals surface area contributed by atoms with E-state index in [1.807, 2.05) is 27.7 Å². The molecule has 0 aliphatic carbocycles. The highest BCUT2D eigenvalue weighted by molar-refractivity contribution is 5.77. The Kier molecular flexibility index (Phi) is 35.0. The van der Waals surface area contributed by atoms with E-state index < -0.39 is 16.9 Å². The number of carbonyl (C=O) groups excluding carboxylic acids is 4. The van der Waals surface area contributed by atoms with Crippen molar-refractivity contribution in [1.82, 2.24) is 9.80 Å². The smallest absolute Gasteiger partial charge is 0.323 e. The van der Waals surface area contributed by atoms with Gasteiger partial charge >= 0.3 is 23.9 Å². The summed E-state index contributed by atoms with van der Waals surface area (Å²) in [6, 6.07) is -0.425. The molecule has 0 spiro atoms. The first-order chi connectivity index (χ1) is 33.3. The van der Waals surface area contributed by atoms with E-state index in [4.69, 9.17) is 18.9 Å². The molecule has 0 amide bonds. The van der Waals surface area contributed by atoms with E-state index in [1.54, 1.807) is 0 Å². The molecular weight excluding hydrogens is 865 g/mol. The number of hydrogen-bond donors (Lipinski definition) is 0. The fourth-order valence-electron chi connectivity index (χ4n) is 10.6. The number of ether oxygens (including phenoxy) is 4. The summed E-state index contributed by atoms with van der Waals surface area (Å²) in [5, 5.41) is 0. The lowest BCUT2D eigenvalue weighted by molar-refractivity contribution is -0.155. The largest absolute Gasteiger partial charge is 0.465 e. The predicted octanol–water partition coefficient (Wildman–Crippen LogP) is 14.8. The summed E-state index contributed by atoms with van der Waals surface area (Å²) in [5.41, 5.74) is -1.02. The van der Waals surface area contributed by atoms with Crippen molar-refractivity contribution in [3.05, 3.63) is 0 Å². The lowest BCUT2D eigenvalue weighted by Crippen LogP contribution is -2.38. The van der Waals surface area contributed by atoms with Crippen LogP contribution < -0.4 is 0 Å². The van der Waals surface area contributed by atoms with Crippen LogP contribution in [0, 0.1) is 22.7 Å². The second kappa shape index (κ2) is 38.4. The minimum Gasteiger partial charge on any atom is -0.465 e. The Labute approximate surface area is 425 Å². The highest BCUT2D eigenvalue weighted by atomic mass is 16.6. The molecule has 2 aliphatic heterocycles. The number of esters is 4. The van der Waals surface area contributed by atoms with Crippen molar-refractivity contribution in [3.63, 3.8) is 0 Å². The maximum absolute atomic E-state index is 13.6. The summed E-state index contributed by atoms with van der Waals surface area (Å²) in [4.78, 5) is 56.9. The molecule has 10 heteroatoms. The van der Waals surface area contributed by atoms with E-state index in [9.17, 15) is 19.2 Å². The molecule has 0 saturated carbocycles. The molecule has 2 saturated heterocycles. The van der Waals surface area contributed by atoms with Crippen molar-refractivity contribution in [3.8, 4) is 0 Å². The molecular formula is C59H110N2O8. The van der Waals surface area contributed by atoms with Gasteiger partial charge in [-0.15, -0.1) is 0 Å². The highest BCUT2D eigenvalue weighted by Gasteiger charge is 2.40. The van der Waals surface area contributed by atoms with Gasteiger partial charge in [0.25, 0.3) is 0 Å². The van der Waals surface area contributed by atoms with Gasteiger partial charge in [-0.3, -0.25) is 29.0 Å². The second-order valence-electron chi connectivity index (χ2n) is 22.9. The van der Waals surface area contributed by atoms with E-state index in [0.717, 1.165) is 134 Å². The van der Waals surface area contributed by atoms with E-state index in [1.165, 1.54) is 103 Å². The molecule has 69 heavy (non-hydrogen) atoms. The molecule has 0 bridgehead atoms. The first-order valence-corrected chi connectivity index (χ1v) is 29.4. The SMILES string of the molecule is CCCCCC(CCCCC)CCCOC(=O)C(C)(C)CCCCCCOC(=O)[C@@H]1CC(OC(=O)CN2CCCC2)CN1CCCCCCC(C)(C)C(=O)OCCCC(CCCCC)CCCCC. The molecule has 2 atom stereocenters. The van der Waals surface area contributed by atoms with Crippen LogP contribution in [-0.2, 0) is 38.1 Å². The van der Waals surface area contributed by atoms with Crippen LogP contribution in [0.2, 0.25) is 0 Å². The molecule has 10 nitrogen and oxygen atoms in total. The third-order valence-electron chi connectivity index (χ3n) is 15.4. The van der Waals surface area contributed by atoms with Crippen LogP contribution in [0.4, 0.5) is 0 Å². The van der Waals surface area contributed by atoms with Crippen molar-refractivity contribution in [2.45, 2.75) is 279 Å². The summed E-state index contributed by atoms with van der Waals surface area (Å²) < 4.78 is 23.5. The summed E-state index contributed by atoms with van der Waals surface area (Å²) >= 11 is 0. The second-order valence-corrected chi connectivity index (χ2v) is 22.9. The Bertz CT molecular complexity index is 1310. The van der Waals surface area contributed by atoms with E-state index in [0.29, 0.717) is 39.3 Å². The monoisotopic (exact) mass is 975 g/mol. The standard InChI is InChI=1S/C59H110N2O8/c1-9-13-21-33-50(34-22-14-10-2)37-31-45-67-56(64)58(5,6)39-25-17-19-27-43-61-48-52(69-54(62)49-60-41-28-29-42-60)47-53(61)55(63)66-44-30-20-18-26-40-59(7,8)57(65)68-46-32-38-51(35-23-15-11-3)36-24-16-12-4/h50-53H,9-49H2,1-8H3/t52?,53-/m0/s1. The van der Waals surface area contributed by atoms with Crippen molar-refractivity contribution in [1.29, 1.82) is 0 Å². The number of carbonyl (C=O) groups is 4. The minimum absolute atomic E-state index is 0.0827. The fraction of sp³-hybridized carbons (Fsp3) is 0.932. The van der Waals surface area contributed by atoms with Crippen LogP contribution in [0.3, 0.4) is 0 Å². The first kappa shape index (κ1) is 62.9. The Morgan fingerprint density at radius 2 is 0.928 bits per heavy atom. The van der Waals surface area contributed by atoms with Crippen LogP contribution in [0.5, 0.6) is 0 Å². The van der Waals surface area contributed by atoms with Crippen LogP contribution >= 0.6 is 0 Å². The van der Waals surface area contributed by atoms with Gasteiger partial charge in [0.05, 0.1) is 37.2 Å². The van der Waals surface area contributed by atoms with Gasteiger partial charge in [-0.1, -0.05) is 169 Å². The third kappa shape index (κ3) is 29.2. The van der Waals surface area contributed by atoms with Crippen LogP contribution in [0.25, 0.3) is 0 Å². The molecule has 2 aliphatic rings. The normalized spacial score (nSPS) is 17.0. The predicted molar refractivity (Wildman–Crippen MR) is 284 cm³/mol. The zero-order valence-corrected chi connectivity index (χ0v) is 46.5. The average Bonchev–Trinajstić information content (AvgIpc) is 3.99. The first-order valence-electron chi connectivity index (χ1n) is 29.4. The molecule has 0 aromatic rings. The highest BCUT2D eigenvalue weighted by Crippen LogP contribution is 2.30. The van der Waals surface area contributed by atoms with Gasteiger partial charge < -0.3 is 18.9 Å². The quantitative estimate of drug-likeness (QED) is 0.0332. The van der Waals surface area contributed by atoms with Crippen LogP contribution in [0.15, 0.2) is 0 Å². The molecule has 0 N–H and O–H groups in total. The molecule has 2 fully saturated rings. The van der Waals surface area contributed by atoms with Crippen molar-refractivity contribution < 1.29 is 38.1 Å². The molecule has 404 valence electrons. The number of unbranched alkanes of at least 4 members (excludes halogenated alkanes) is 14. The fourth-order valence-corrected chi connectivity index (χ4v) is 10.6. The topological polar surface area (TPSA) is 112 Å². The Morgan fingerprint density at radius 3 is 1.39 bits per heavy atom. The van der Waals surface area contributed by atoms with Crippen molar-refractivity contribution in [2.75, 3.05) is 52.5 Å². The number of rotatable bonds is 44. The number of nitrogens with zero attached hydrogens (tertiary/aromatic N) is 2. The van der Waals surface area contributed by atoms with E-state index in [-0.39, 0.29) is 30.0 Å². The maximum atomic E-state index is 13.6. The number of likely N-dealkylation sites (tertiary alicyclic amines) is 2. The third-order valence-corrected chi connectivity index (χ3v) is 15.4. The Morgan fingerprint density at radius 1 is 0.507 bits per heavy atom. The maximum Gasteiger partial charge on any atom is 0.323 e. The summed E-state index contributed by atoms with van der Waals surface area (Å²) in [6.45, 7) is 21.9. The number of hydrogen-bond acceptors (Lipinski definition) is 10. The van der Waals surface area contributed by atoms with Gasteiger partial charge in [0, 0.05) is 13.0 Å². The zero-order chi connectivity index (χ0) is 50.6. The average molecular weight is 976 g/mol. The molecule has 1 unspecified atom stereocenters. The van der Waals surface area contributed by atoms with Gasteiger partial charge in [-0.2, -0.15) is 0 Å². The van der Waals surface area contributed by atoms with Crippen molar-refractivity contribution in [2.24, 2.45) is 22.7 Å². The minimum atomic E-state index is -0.510. The molecule has 2 heterocycles. The van der Waals surface area contributed by atoms with Gasteiger partial charge in [0.2, 0.25) is 0 Å². The lowest BCUT2D eigenvalue weighted by Gasteiger charge is -2.24. The van der Waals surface area contributed by atoms with E-state index >= 15 is 0 Å². The summed E-state index contributed by atoms with van der Waals surface area (Å²) in [5.74, 6) is 0.893. The summed E-state index contributed by atoms with van der Waals surface area (Å²) in [6.07, 6.45) is 36.3. The van der Waals surface area contributed by atoms with Gasteiger partial charge in [0.15, 0.2) is 0 Å². The Hall–Kier alpha value is -2.20. The molecule has 0 aromatic carbocycles. The molecule has 0 aromatic heterocycles. The van der Waals surface area contributed by atoms with Crippen LogP contribution in [-0.4, -0.2) is 98.4 Å². The van der Waals surface area contributed by atoms with Crippen LogP contribution in [0.1, 0.15) is 267 Å². The lowest BCUT2D eigenvalue weighted by atomic mass is 9.87. The van der Waals surface area contributed by atoms with Gasteiger partial charge in [0.1, 0.15) is 12.1 Å².